The number of Topliss-reactive ketones (excluding diaryl/α,β-unsaturated/α-hetero) is 1. The van der Waals surface area contributed by atoms with E-state index in [0.717, 1.165) is 19.3 Å². The van der Waals surface area contributed by atoms with Gasteiger partial charge in [-0.1, -0.05) is 58.3 Å². The second-order valence-electron chi connectivity index (χ2n) is 11.8. The van der Waals surface area contributed by atoms with Gasteiger partial charge in [0.2, 0.25) is 5.91 Å². The number of aliphatic hydroxyl groups is 1. The van der Waals surface area contributed by atoms with Crippen molar-refractivity contribution in [3.63, 3.8) is 0 Å². The molecule has 0 saturated heterocycles. The number of amides is 3. The summed E-state index contributed by atoms with van der Waals surface area (Å²) in [4.78, 5) is 65.0. The summed E-state index contributed by atoms with van der Waals surface area (Å²) in [5.74, 6) is -5.79. The van der Waals surface area contributed by atoms with Crippen LogP contribution in [-0.4, -0.2) is 63.3 Å². The first kappa shape index (κ1) is 32.8. The lowest BCUT2D eigenvalue weighted by molar-refractivity contribution is -0.148. The molecule has 1 fully saturated rings. The van der Waals surface area contributed by atoms with Crippen LogP contribution in [0.2, 0.25) is 0 Å². The van der Waals surface area contributed by atoms with E-state index in [2.05, 4.69) is 24.1 Å². The molecule has 41 heavy (non-hydrogen) atoms. The normalized spacial score (nSPS) is 30.8. The minimum absolute atomic E-state index is 0.0268. The maximum absolute atomic E-state index is 14.2. The SMILES string of the molecule is C=CC(CCCCC)C1=C(C(=O)C2C(C)C=CC3(O)CC(C(=O)NC(CCSC)C(=O)O)CC(C)C23)C(=O)NC1=O. The number of allylic oxidation sites excluding steroid dienone is 2. The Hall–Kier alpha value is -2.72. The van der Waals surface area contributed by atoms with Crippen molar-refractivity contribution in [2.24, 2.45) is 35.5 Å². The largest absolute Gasteiger partial charge is 0.480 e. The molecule has 0 aromatic carbocycles. The van der Waals surface area contributed by atoms with E-state index < -0.39 is 64.8 Å². The van der Waals surface area contributed by atoms with E-state index in [-0.39, 0.29) is 35.8 Å². The summed E-state index contributed by atoms with van der Waals surface area (Å²) < 4.78 is 0. The zero-order valence-corrected chi connectivity index (χ0v) is 25.3. The molecule has 226 valence electrons. The topological polar surface area (TPSA) is 150 Å². The number of unbranched alkanes of at least 4 members (excludes halogenated alkanes) is 2. The average molecular weight is 589 g/mol. The van der Waals surface area contributed by atoms with Gasteiger partial charge in [-0.25, -0.2) is 4.79 Å². The number of imide groups is 1. The van der Waals surface area contributed by atoms with Crippen LogP contribution in [0.5, 0.6) is 0 Å². The van der Waals surface area contributed by atoms with Crippen molar-refractivity contribution in [3.8, 4) is 0 Å². The molecule has 4 N–H and O–H groups in total. The molecule has 8 unspecified atom stereocenters. The van der Waals surface area contributed by atoms with E-state index in [4.69, 9.17) is 0 Å². The van der Waals surface area contributed by atoms with Crippen LogP contribution in [0.4, 0.5) is 0 Å². The number of aliphatic carboxylic acids is 1. The molecule has 1 saturated carbocycles. The van der Waals surface area contributed by atoms with Crippen molar-refractivity contribution >= 4 is 41.2 Å². The van der Waals surface area contributed by atoms with E-state index in [9.17, 15) is 34.2 Å². The number of fused-ring (bicyclic) bond motifs is 1. The Morgan fingerprint density at radius 3 is 2.54 bits per heavy atom. The summed E-state index contributed by atoms with van der Waals surface area (Å²) in [6, 6.07) is -1.02. The number of carbonyl (C=O) groups is 5. The molecule has 9 nitrogen and oxygen atoms in total. The van der Waals surface area contributed by atoms with E-state index in [1.54, 1.807) is 18.2 Å². The quantitative estimate of drug-likeness (QED) is 0.104. The number of carboxylic acid groups (broad SMARTS) is 1. The Labute approximate surface area is 246 Å². The third-order valence-electron chi connectivity index (χ3n) is 8.95. The van der Waals surface area contributed by atoms with Gasteiger partial charge in [0.15, 0.2) is 5.78 Å². The molecule has 0 aromatic heterocycles. The van der Waals surface area contributed by atoms with Crippen LogP contribution >= 0.6 is 11.8 Å². The molecule has 0 spiro atoms. The highest BCUT2D eigenvalue weighted by Crippen LogP contribution is 2.51. The lowest BCUT2D eigenvalue weighted by Gasteiger charge is -2.51. The van der Waals surface area contributed by atoms with Crippen molar-refractivity contribution < 1.29 is 34.2 Å². The van der Waals surface area contributed by atoms with Gasteiger partial charge in [-0.15, -0.1) is 6.58 Å². The van der Waals surface area contributed by atoms with Gasteiger partial charge in [0, 0.05) is 29.2 Å². The predicted octanol–water partition coefficient (Wildman–Crippen LogP) is 3.43. The summed E-state index contributed by atoms with van der Waals surface area (Å²) in [6.07, 6.45) is 10.9. The van der Waals surface area contributed by atoms with Crippen LogP contribution in [0.15, 0.2) is 36.0 Å². The molecule has 3 rings (SSSR count). The van der Waals surface area contributed by atoms with Gasteiger partial charge in [0.05, 0.1) is 11.2 Å². The molecular formula is C31H44N2O7S. The summed E-state index contributed by atoms with van der Waals surface area (Å²) in [5.41, 5.74) is -1.50. The number of hydrogen-bond donors (Lipinski definition) is 4. The predicted molar refractivity (Wildman–Crippen MR) is 158 cm³/mol. The van der Waals surface area contributed by atoms with E-state index in [1.807, 2.05) is 20.1 Å². The summed E-state index contributed by atoms with van der Waals surface area (Å²) in [7, 11) is 0. The van der Waals surface area contributed by atoms with Gasteiger partial charge in [0.1, 0.15) is 6.04 Å². The number of rotatable bonds is 14. The minimum Gasteiger partial charge on any atom is -0.480 e. The Morgan fingerprint density at radius 1 is 1.22 bits per heavy atom. The fraction of sp³-hybridized carbons (Fsp3) is 0.645. The molecule has 3 amide bonds. The number of nitrogens with one attached hydrogen (secondary N) is 2. The molecule has 2 aliphatic carbocycles. The Kier molecular flexibility index (Phi) is 11.2. The zero-order valence-electron chi connectivity index (χ0n) is 24.5. The standard InChI is InChI=1S/C31H44N2O7S/c1-6-8-9-10-19(7-2)23-24(29(37)33-28(23)36)26(34)22-17(3)11-13-31(40)16-20(15-18(4)25(22)31)27(35)32-21(30(38)39)12-14-41-5/h7,11,13,17-22,25,40H,2,6,8-10,12,14-16H2,1,3-5H3,(H,32,35)(H,38,39)(H,33,36,37). The molecule has 0 bridgehead atoms. The van der Waals surface area contributed by atoms with Crippen molar-refractivity contribution in [1.29, 1.82) is 0 Å². The fourth-order valence-corrected chi connectivity index (χ4v) is 7.40. The van der Waals surface area contributed by atoms with Crippen LogP contribution in [0.25, 0.3) is 0 Å². The van der Waals surface area contributed by atoms with Crippen molar-refractivity contribution in [3.05, 3.63) is 36.0 Å². The number of carboxylic acids is 1. The molecule has 0 aromatic rings. The Morgan fingerprint density at radius 2 is 1.93 bits per heavy atom. The van der Waals surface area contributed by atoms with Gasteiger partial charge in [0.25, 0.3) is 11.8 Å². The van der Waals surface area contributed by atoms with E-state index >= 15 is 0 Å². The number of thioether (sulfide) groups is 1. The summed E-state index contributed by atoms with van der Waals surface area (Å²) >= 11 is 1.49. The van der Waals surface area contributed by atoms with Crippen molar-refractivity contribution in [2.45, 2.75) is 77.4 Å². The monoisotopic (exact) mass is 588 g/mol. The van der Waals surface area contributed by atoms with Crippen LogP contribution in [-0.2, 0) is 24.0 Å². The number of ketones is 1. The highest BCUT2D eigenvalue weighted by atomic mass is 32.2. The minimum atomic E-state index is -1.51. The highest BCUT2D eigenvalue weighted by molar-refractivity contribution is 7.98. The van der Waals surface area contributed by atoms with Crippen LogP contribution < -0.4 is 10.6 Å². The number of carbonyl (C=O) groups excluding carboxylic acids is 4. The maximum Gasteiger partial charge on any atom is 0.326 e. The lowest BCUT2D eigenvalue weighted by atomic mass is 9.55. The number of hydrogen-bond acceptors (Lipinski definition) is 7. The molecule has 0 radical (unpaired) electrons. The molecule has 3 aliphatic rings. The maximum atomic E-state index is 14.2. The zero-order chi connectivity index (χ0) is 30.5. The Balaban J connectivity index is 1.91. The first-order valence-corrected chi connectivity index (χ1v) is 16.0. The van der Waals surface area contributed by atoms with E-state index in [0.29, 0.717) is 18.6 Å². The molecule has 8 atom stereocenters. The van der Waals surface area contributed by atoms with Crippen LogP contribution in [0, 0.1) is 35.5 Å². The first-order chi connectivity index (χ1) is 19.4. The van der Waals surface area contributed by atoms with E-state index in [1.165, 1.54) is 11.8 Å². The summed E-state index contributed by atoms with van der Waals surface area (Å²) in [5, 5.41) is 26.4. The summed E-state index contributed by atoms with van der Waals surface area (Å²) in [6.45, 7) is 9.66. The highest BCUT2D eigenvalue weighted by Gasteiger charge is 2.56. The van der Waals surface area contributed by atoms with Crippen LogP contribution in [0.3, 0.4) is 0 Å². The third-order valence-corrected chi connectivity index (χ3v) is 9.59. The lowest BCUT2D eigenvalue weighted by Crippen LogP contribution is -2.57. The molecule has 10 heteroatoms. The fourth-order valence-electron chi connectivity index (χ4n) is 6.92. The van der Waals surface area contributed by atoms with Crippen LogP contribution in [0.1, 0.15) is 65.7 Å². The van der Waals surface area contributed by atoms with Crippen molar-refractivity contribution in [1.82, 2.24) is 10.6 Å². The van der Waals surface area contributed by atoms with Gasteiger partial charge in [-0.2, -0.15) is 11.8 Å². The molecule has 1 aliphatic heterocycles. The van der Waals surface area contributed by atoms with Gasteiger partial charge < -0.3 is 15.5 Å². The first-order valence-electron chi connectivity index (χ1n) is 14.6. The average Bonchev–Trinajstić information content (AvgIpc) is 3.21. The Bertz CT molecular complexity index is 1130. The van der Waals surface area contributed by atoms with Gasteiger partial charge in [-0.3, -0.25) is 24.5 Å². The van der Waals surface area contributed by atoms with Crippen molar-refractivity contribution in [2.75, 3.05) is 12.0 Å². The third kappa shape index (κ3) is 7.02. The second kappa shape index (κ2) is 14.0. The van der Waals surface area contributed by atoms with Gasteiger partial charge >= 0.3 is 5.97 Å². The second-order valence-corrected chi connectivity index (χ2v) is 12.8. The smallest absolute Gasteiger partial charge is 0.326 e. The molecular weight excluding hydrogens is 544 g/mol. The molecule has 1 heterocycles. The van der Waals surface area contributed by atoms with Gasteiger partial charge in [-0.05, 0) is 49.5 Å².